The highest BCUT2D eigenvalue weighted by molar-refractivity contribution is 5.83. The number of carbonyl (C=O) groups excluding carboxylic acids is 1. The molecule has 0 amide bonds. The van der Waals surface area contributed by atoms with Crippen LogP contribution in [0.3, 0.4) is 0 Å². The second kappa shape index (κ2) is 6.35. The maximum absolute atomic E-state index is 11.7. The Morgan fingerprint density at radius 3 is 2.55 bits per heavy atom. The average Bonchev–Trinajstić information content (AvgIpc) is 2.75. The third-order valence-electron chi connectivity index (χ3n) is 3.70. The summed E-state index contributed by atoms with van der Waals surface area (Å²) in [7, 11) is 0. The fourth-order valence-electron chi connectivity index (χ4n) is 2.67. The van der Waals surface area contributed by atoms with Gasteiger partial charge in [-0.1, -0.05) is 36.4 Å². The molecule has 0 N–H and O–H groups in total. The van der Waals surface area contributed by atoms with Crippen LogP contribution in [0, 0.1) is 0 Å². The van der Waals surface area contributed by atoms with Crippen LogP contribution in [-0.2, 0) is 16.0 Å². The van der Waals surface area contributed by atoms with Crippen LogP contribution in [-0.4, -0.2) is 11.6 Å². The predicted molar refractivity (Wildman–Crippen MR) is 91.5 cm³/mol. The number of ether oxygens (including phenoxy) is 1. The van der Waals surface area contributed by atoms with Crippen molar-refractivity contribution < 1.29 is 9.53 Å². The highest BCUT2D eigenvalue weighted by Crippen LogP contribution is 2.35. The van der Waals surface area contributed by atoms with E-state index in [-0.39, 0.29) is 5.97 Å². The molecule has 0 saturated heterocycles. The number of benzene rings is 1. The normalized spacial score (nSPS) is 15.4. The van der Waals surface area contributed by atoms with Crippen molar-refractivity contribution >= 4 is 11.5 Å². The molecular weight excluding hydrogens is 272 g/mol. The summed E-state index contributed by atoms with van der Waals surface area (Å²) < 4.78 is 5.25. The largest absolute Gasteiger partial charge is 0.457 e. The Balaban J connectivity index is 2.08. The molecular formula is C20H24O2. The molecule has 0 spiro atoms. The van der Waals surface area contributed by atoms with Crippen LogP contribution in [0.5, 0.6) is 0 Å². The number of allylic oxidation sites excluding steroid dienone is 5. The molecule has 0 heterocycles. The summed E-state index contributed by atoms with van der Waals surface area (Å²) in [4.78, 5) is 11.7. The monoisotopic (exact) mass is 296 g/mol. The smallest absolute Gasteiger partial charge is 0.331 e. The van der Waals surface area contributed by atoms with Gasteiger partial charge in [0.05, 0.1) is 0 Å². The minimum atomic E-state index is -0.452. The van der Waals surface area contributed by atoms with Gasteiger partial charge in [-0.05, 0) is 68.9 Å². The maximum atomic E-state index is 11.7. The second-order valence-electron chi connectivity index (χ2n) is 6.68. The van der Waals surface area contributed by atoms with Crippen LogP contribution in [0.15, 0.2) is 53.6 Å². The summed E-state index contributed by atoms with van der Waals surface area (Å²) in [5.41, 5.74) is 6.12. The third kappa shape index (κ3) is 3.97. The molecule has 0 aliphatic heterocycles. The number of hydrogen-bond acceptors (Lipinski definition) is 2. The number of rotatable bonds is 3. The van der Waals surface area contributed by atoms with Crippen LogP contribution >= 0.6 is 0 Å². The highest BCUT2D eigenvalue weighted by Gasteiger charge is 2.18. The van der Waals surface area contributed by atoms with E-state index in [0.29, 0.717) is 0 Å². The summed E-state index contributed by atoms with van der Waals surface area (Å²) in [5, 5.41) is 0. The number of esters is 1. The molecule has 0 saturated carbocycles. The van der Waals surface area contributed by atoms with Crippen molar-refractivity contribution in [1.82, 2.24) is 0 Å². The van der Waals surface area contributed by atoms with Crippen LogP contribution in [0.4, 0.5) is 0 Å². The Morgan fingerprint density at radius 2 is 1.91 bits per heavy atom. The van der Waals surface area contributed by atoms with Crippen LogP contribution in [0.2, 0.25) is 0 Å². The summed E-state index contributed by atoms with van der Waals surface area (Å²) in [5.74, 6) is -0.308. The first kappa shape index (κ1) is 16.3. The first-order valence-corrected chi connectivity index (χ1v) is 7.64. The van der Waals surface area contributed by atoms with Gasteiger partial charge in [-0.25, -0.2) is 4.79 Å². The van der Waals surface area contributed by atoms with Crippen molar-refractivity contribution in [1.29, 1.82) is 0 Å². The van der Waals surface area contributed by atoms with Gasteiger partial charge in [-0.3, -0.25) is 0 Å². The van der Waals surface area contributed by atoms with E-state index in [1.807, 2.05) is 26.8 Å². The van der Waals surface area contributed by atoms with Crippen molar-refractivity contribution in [3.05, 3.63) is 64.8 Å². The van der Waals surface area contributed by atoms with Gasteiger partial charge in [0.1, 0.15) is 5.60 Å². The van der Waals surface area contributed by atoms with E-state index in [4.69, 9.17) is 4.74 Å². The molecule has 2 heteroatoms. The minimum Gasteiger partial charge on any atom is -0.457 e. The Labute approximate surface area is 133 Å². The Kier molecular flexibility index (Phi) is 4.70. The third-order valence-corrected chi connectivity index (χ3v) is 3.70. The summed E-state index contributed by atoms with van der Waals surface area (Å²) >= 11 is 0. The minimum absolute atomic E-state index is 0.308. The highest BCUT2D eigenvalue weighted by atomic mass is 16.6. The zero-order chi connectivity index (χ0) is 16.3. The van der Waals surface area contributed by atoms with Gasteiger partial charge in [0.25, 0.3) is 0 Å². The quantitative estimate of drug-likeness (QED) is 0.452. The molecule has 116 valence electrons. The van der Waals surface area contributed by atoms with Crippen molar-refractivity contribution in [2.45, 2.75) is 46.6 Å². The van der Waals surface area contributed by atoms with Crippen molar-refractivity contribution in [3.63, 3.8) is 0 Å². The van der Waals surface area contributed by atoms with Gasteiger partial charge in [-0.2, -0.15) is 0 Å². The predicted octanol–water partition coefficient (Wildman–Crippen LogP) is 4.86. The van der Waals surface area contributed by atoms with Crippen molar-refractivity contribution in [2.75, 3.05) is 0 Å². The first-order valence-electron chi connectivity index (χ1n) is 7.64. The van der Waals surface area contributed by atoms with E-state index in [9.17, 15) is 4.79 Å². The van der Waals surface area contributed by atoms with Crippen molar-refractivity contribution in [3.8, 4) is 0 Å². The SMILES string of the molecule is CC1=C(/C(C)=C/C=C/C(=O)OC(C)(C)C)Cc2ccccc21. The average molecular weight is 296 g/mol. The molecule has 2 rings (SSSR count). The van der Waals surface area contributed by atoms with Crippen LogP contribution < -0.4 is 0 Å². The van der Waals surface area contributed by atoms with Crippen molar-refractivity contribution in [2.24, 2.45) is 0 Å². The zero-order valence-electron chi connectivity index (χ0n) is 14.1. The first-order chi connectivity index (χ1) is 10.3. The number of carbonyl (C=O) groups is 1. The maximum Gasteiger partial charge on any atom is 0.331 e. The lowest BCUT2D eigenvalue weighted by molar-refractivity contribution is -0.148. The van der Waals surface area contributed by atoms with Gasteiger partial charge < -0.3 is 4.74 Å². The topological polar surface area (TPSA) is 26.3 Å². The molecule has 0 radical (unpaired) electrons. The van der Waals surface area contributed by atoms with E-state index >= 15 is 0 Å². The van der Waals surface area contributed by atoms with Gasteiger partial charge in [0, 0.05) is 6.08 Å². The molecule has 1 aromatic rings. The molecule has 1 aromatic carbocycles. The molecule has 0 bridgehead atoms. The summed E-state index contributed by atoms with van der Waals surface area (Å²) in [6, 6.07) is 8.50. The van der Waals surface area contributed by atoms with E-state index in [0.717, 1.165) is 6.42 Å². The van der Waals surface area contributed by atoms with Gasteiger partial charge in [-0.15, -0.1) is 0 Å². The van der Waals surface area contributed by atoms with E-state index in [1.165, 1.54) is 33.9 Å². The lowest BCUT2D eigenvalue weighted by Crippen LogP contribution is -2.22. The Bertz CT molecular complexity index is 667. The fourth-order valence-corrected chi connectivity index (χ4v) is 2.67. The van der Waals surface area contributed by atoms with Crippen LogP contribution in [0.25, 0.3) is 5.57 Å². The molecule has 0 atom stereocenters. The Hall–Kier alpha value is -2.09. The van der Waals surface area contributed by atoms with Gasteiger partial charge in [0.2, 0.25) is 0 Å². The lowest BCUT2D eigenvalue weighted by Gasteiger charge is -2.17. The van der Waals surface area contributed by atoms with Gasteiger partial charge in [0.15, 0.2) is 0 Å². The zero-order valence-corrected chi connectivity index (χ0v) is 14.1. The molecule has 2 nitrogen and oxygen atoms in total. The van der Waals surface area contributed by atoms with E-state index < -0.39 is 5.60 Å². The summed E-state index contributed by atoms with van der Waals surface area (Å²) in [6.45, 7) is 9.84. The molecule has 0 unspecified atom stereocenters. The molecule has 1 aliphatic carbocycles. The molecule has 0 aromatic heterocycles. The molecule has 22 heavy (non-hydrogen) atoms. The van der Waals surface area contributed by atoms with Gasteiger partial charge >= 0.3 is 5.97 Å². The lowest BCUT2D eigenvalue weighted by atomic mass is 10.0. The number of fused-ring (bicyclic) bond motifs is 1. The fraction of sp³-hybridized carbons (Fsp3) is 0.350. The van der Waals surface area contributed by atoms with E-state index in [1.54, 1.807) is 6.08 Å². The molecule has 0 fully saturated rings. The summed E-state index contributed by atoms with van der Waals surface area (Å²) in [6.07, 6.45) is 6.19. The van der Waals surface area contributed by atoms with Crippen LogP contribution in [0.1, 0.15) is 45.7 Å². The standard InChI is InChI=1S/C20H24O2/c1-14(9-8-12-19(21)22-20(3,4)5)18-13-16-10-6-7-11-17(16)15(18)2/h6-12H,13H2,1-5H3/b12-8+,14-9+. The Morgan fingerprint density at radius 1 is 1.23 bits per heavy atom. The second-order valence-corrected chi connectivity index (χ2v) is 6.68. The number of hydrogen-bond donors (Lipinski definition) is 0. The molecule has 1 aliphatic rings. The van der Waals surface area contributed by atoms with E-state index in [2.05, 4.69) is 38.1 Å².